The number of aryl methyl sites for hydroxylation is 1. The molecule has 294 valence electrons. The number of methoxy groups -OCH3 is 1. The fraction of sp³-hybridized carbons (Fsp3) is 0.488. The van der Waals surface area contributed by atoms with E-state index in [9.17, 15) is 8.78 Å². The van der Waals surface area contributed by atoms with Crippen molar-refractivity contribution < 1.29 is 13.5 Å². The van der Waals surface area contributed by atoms with Gasteiger partial charge in [0.1, 0.15) is 19.0 Å². The van der Waals surface area contributed by atoms with Crippen molar-refractivity contribution in [3.8, 4) is 5.88 Å². The van der Waals surface area contributed by atoms with E-state index in [1.54, 1.807) is 19.8 Å². The first kappa shape index (κ1) is 47.2. The van der Waals surface area contributed by atoms with Gasteiger partial charge in [0.05, 0.1) is 12.8 Å². The minimum absolute atomic E-state index is 0.0497. The number of hydrogen-bond donors (Lipinski definition) is 0. The van der Waals surface area contributed by atoms with Gasteiger partial charge in [-0.3, -0.25) is 9.97 Å². The van der Waals surface area contributed by atoms with Crippen LogP contribution in [0.4, 0.5) is 8.78 Å². The van der Waals surface area contributed by atoms with Gasteiger partial charge in [0.25, 0.3) is 6.43 Å². The predicted octanol–water partition coefficient (Wildman–Crippen LogP) is 11.6. The Bertz CT molecular complexity index is 1630. The van der Waals surface area contributed by atoms with Crippen LogP contribution in [0.2, 0.25) is 0 Å². The molecule has 5 aromatic rings. The predicted molar refractivity (Wildman–Crippen MR) is 215 cm³/mol. The topological polar surface area (TPSA) is 112 Å². The second-order valence-corrected chi connectivity index (χ2v) is 14.5. The van der Waals surface area contributed by atoms with Crippen molar-refractivity contribution in [1.82, 2.24) is 39.9 Å². The van der Waals surface area contributed by atoms with E-state index in [1.807, 2.05) is 51.5 Å². The normalized spacial score (nSPS) is 10.6. The maximum Gasteiger partial charge on any atom is 0.263 e. The molecular weight excluding hydrogens is 683 g/mol. The molecule has 0 saturated heterocycles. The van der Waals surface area contributed by atoms with Gasteiger partial charge in [-0.2, -0.15) is 0 Å². The van der Waals surface area contributed by atoms with Gasteiger partial charge in [0.15, 0.2) is 0 Å². The standard InChI is InChI=1S/C11H17N.C9H11F2N.C8H12N2O.C8H12N2.C7H10N2/c1-8(2)10-5-6-12-11(7-10)9(3)4;1-6(2)8-5-7(9(10)11)3-4-12-8;1-6(2)7-4-8(11-3)10-5-9-7;1-6(2)8-4-7(3)9-5-10-8;1-6(2)7-3-8-5-9-4-7/h5-9H,1-4H3;3-6,9H,1-2H3;4-6H,1-3H3;4-6H,1-3H3;3-6H,1-2H3. The lowest BCUT2D eigenvalue weighted by atomic mass is 10.0. The summed E-state index contributed by atoms with van der Waals surface area (Å²) >= 11 is 0. The molecule has 0 unspecified atom stereocenters. The first-order valence-electron chi connectivity index (χ1n) is 18.6. The number of alkyl halides is 2. The number of halogens is 2. The highest BCUT2D eigenvalue weighted by molar-refractivity contribution is 5.21. The summed E-state index contributed by atoms with van der Waals surface area (Å²) in [5.41, 5.74) is 7.71. The second-order valence-electron chi connectivity index (χ2n) is 14.5. The molecule has 5 aromatic heterocycles. The van der Waals surface area contributed by atoms with Gasteiger partial charge >= 0.3 is 0 Å². The van der Waals surface area contributed by atoms with Gasteiger partial charge in [-0.15, -0.1) is 0 Å². The van der Waals surface area contributed by atoms with E-state index in [2.05, 4.69) is 121 Å². The Morgan fingerprint density at radius 3 is 1.28 bits per heavy atom. The van der Waals surface area contributed by atoms with Crippen LogP contribution in [0.25, 0.3) is 0 Å². The van der Waals surface area contributed by atoms with E-state index in [0.29, 0.717) is 41.2 Å². The molecule has 0 bridgehead atoms. The van der Waals surface area contributed by atoms with E-state index >= 15 is 0 Å². The van der Waals surface area contributed by atoms with E-state index in [1.165, 1.54) is 41.5 Å². The number of hydrogen-bond acceptors (Lipinski definition) is 9. The summed E-state index contributed by atoms with van der Waals surface area (Å²) in [7, 11) is 1.60. The van der Waals surface area contributed by atoms with Crippen molar-refractivity contribution in [3.05, 3.63) is 125 Å². The zero-order valence-corrected chi connectivity index (χ0v) is 34.8. The number of ether oxygens (including phenoxy) is 1. The quantitative estimate of drug-likeness (QED) is 0.153. The highest BCUT2D eigenvalue weighted by Crippen LogP contribution is 2.21. The van der Waals surface area contributed by atoms with Crippen LogP contribution in [0.5, 0.6) is 5.88 Å². The van der Waals surface area contributed by atoms with Crippen molar-refractivity contribution in [3.63, 3.8) is 0 Å². The summed E-state index contributed by atoms with van der Waals surface area (Å²) in [6.45, 7) is 27.3. The molecule has 0 saturated carbocycles. The van der Waals surface area contributed by atoms with Crippen LogP contribution in [0, 0.1) is 6.92 Å². The summed E-state index contributed by atoms with van der Waals surface area (Å²) in [5.74, 6) is 3.42. The smallest absolute Gasteiger partial charge is 0.263 e. The van der Waals surface area contributed by atoms with Gasteiger partial charge in [-0.05, 0) is 83.9 Å². The minimum Gasteiger partial charge on any atom is -0.481 e. The lowest BCUT2D eigenvalue weighted by Crippen LogP contribution is -1.95. The molecule has 0 aliphatic carbocycles. The lowest BCUT2D eigenvalue weighted by molar-refractivity contribution is 0.151. The third-order valence-electron chi connectivity index (χ3n) is 7.84. The van der Waals surface area contributed by atoms with E-state index in [0.717, 1.165) is 17.1 Å². The summed E-state index contributed by atoms with van der Waals surface area (Å²) in [4.78, 5) is 32.2. The maximum atomic E-state index is 12.2. The molecule has 5 rings (SSSR count). The van der Waals surface area contributed by atoms with Gasteiger partial charge in [0.2, 0.25) is 5.88 Å². The average molecular weight is 745 g/mol. The van der Waals surface area contributed by atoms with E-state index in [-0.39, 0.29) is 11.5 Å². The molecule has 5 heterocycles. The largest absolute Gasteiger partial charge is 0.481 e. The van der Waals surface area contributed by atoms with Crippen molar-refractivity contribution in [2.45, 2.75) is 132 Å². The SMILES string of the molecule is CC(C)c1cc(C(F)F)ccn1.CC(C)c1ccnc(C(C)C)c1.CC(C)c1cncnc1.COc1cc(C(C)C)ncn1.Cc1cc(C(C)C)ncn1. The molecule has 0 radical (unpaired) electrons. The van der Waals surface area contributed by atoms with Crippen molar-refractivity contribution in [2.24, 2.45) is 0 Å². The third kappa shape index (κ3) is 18.8. The average Bonchev–Trinajstić information content (AvgIpc) is 3.16. The van der Waals surface area contributed by atoms with Crippen LogP contribution in [-0.2, 0) is 0 Å². The highest BCUT2D eigenvalue weighted by Gasteiger charge is 2.09. The maximum absolute atomic E-state index is 12.2. The number of aromatic nitrogens is 8. The Morgan fingerprint density at radius 1 is 0.463 bits per heavy atom. The van der Waals surface area contributed by atoms with Crippen LogP contribution in [0.3, 0.4) is 0 Å². The first-order chi connectivity index (χ1) is 25.5. The molecule has 0 amide bonds. The highest BCUT2D eigenvalue weighted by atomic mass is 19.3. The Kier molecular flexibility index (Phi) is 22.1. The molecule has 0 aromatic carbocycles. The Morgan fingerprint density at radius 2 is 0.889 bits per heavy atom. The number of nitrogens with zero attached hydrogens (tertiary/aromatic N) is 8. The summed E-state index contributed by atoms with van der Waals surface area (Å²) < 4.78 is 29.3. The molecule has 0 aliphatic rings. The molecule has 0 atom stereocenters. The first-order valence-corrected chi connectivity index (χ1v) is 18.6. The summed E-state index contributed by atoms with van der Waals surface area (Å²) in [5, 5.41) is 0. The van der Waals surface area contributed by atoms with Crippen LogP contribution >= 0.6 is 0 Å². The fourth-order valence-corrected chi connectivity index (χ4v) is 4.24. The Labute approximate surface area is 323 Å². The summed E-state index contributed by atoms with van der Waals surface area (Å²) in [6.07, 6.45) is 9.31. The molecule has 11 heteroatoms. The van der Waals surface area contributed by atoms with Gasteiger partial charge in [-0.25, -0.2) is 38.7 Å². The molecule has 0 aliphatic heterocycles. The van der Waals surface area contributed by atoms with Gasteiger partial charge in [-0.1, -0.05) is 83.1 Å². The monoisotopic (exact) mass is 745 g/mol. The van der Waals surface area contributed by atoms with Crippen LogP contribution in [0.15, 0.2) is 80.2 Å². The molecular formula is C43H62F2N8O. The van der Waals surface area contributed by atoms with Crippen LogP contribution in [-0.4, -0.2) is 47.0 Å². The van der Waals surface area contributed by atoms with E-state index in [4.69, 9.17) is 4.74 Å². The van der Waals surface area contributed by atoms with E-state index < -0.39 is 6.43 Å². The minimum atomic E-state index is -2.40. The molecule has 0 N–H and O–H groups in total. The Balaban J connectivity index is 0.000000339. The van der Waals surface area contributed by atoms with Crippen molar-refractivity contribution >= 4 is 0 Å². The van der Waals surface area contributed by atoms with Crippen molar-refractivity contribution in [2.75, 3.05) is 7.11 Å². The molecule has 9 nitrogen and oxygen atoms in total. The third-order valence-corrected chi connectivity index (χ3v) is 7.84. The van der Waals surface area contributed by atoms with Crippen molar-refractivity contribution in [1.29, 1.82) is 0 Å². The van der Waals surface area contributed by atoms with Gasteiger partial charge < -0.3 is 4.74 Å². The van der Waals surface area contributed by atoms with Crippen LogP contribution < -0.4 is 4.74 Å². The second kappa shape index (κ2) is 25.3. The fourth-order valence-electron chi connectivity index (χ4n) is 4.24. The Hall–Kier alpha value is -4.80. The molecule has 0 spiro atoms. The zero-order valence-electron chi connectivity index (χ0n) is 34.8. The lowest BCUT2D eigenvalue weighted by Gasteiger charge is -2.08. The summed E-state index contributed by atoms with van der Waals surface area (Å²) in [6, 6.07) is 11.0. The van der Waals surface area contributed by atoms with Crippen LogP contribution in [0.1, 0.15) is 170 Å². The number of pyridine rings is 2. The number of rotatable bonds is 8. The molecule has 0 fully saturated rings. The molecule has 54 heavy (non-hydrogen) atoms. The zero-order chi connectivity index (χ0) is 40.8. The van der Waals surface area contributed by atoms with Gasteiger partial charge in [0, 0.05) is 59.2 Å².